The first kappa shape index (κ1) is 13.8. The van der Waals surface area contributed by atoms with E-state index in [0.717, 1.165) is 11.1 Å². The molecule has 0 aliphatic heterocycles. The first-order valence-electron chi connectivity index (χ1n) is 6.08. The zero-order chi connectivity index (χ0) is 13.9. The number of alkyl halides is 1. The molecular formula is C16H15BrO2. The number of carbonyl (C=O) groups is 1. The summed E-state index contributed by atoms with van der Waals surface area (Å²) in [6, 6.07) is 18.7. The molecule has 2 aromatic carbocycles. The van der Waals surface area contributed by atoms with Gasteiger partial charge in [-0.15, -0.1) is 0 Å². The number of aliphatic carboxylic acids is 1. The van der Waals surface area contributed by atoms with Crippen molar-refractivity contribution >= 4 is 21.9 Å². The Hall–Kier alpha value is -1.61. The standard InChI is InChI=1S/C16H15BrO2/c1-12(17)16(15(18)19,13-8-4-2-5-9-13)14-10-6-3-7-11-14/h2-12H,1H3,(H,18,19). The monoisotopic (exact) mass is 318 g/mol. The van der Waals surface area contributed by atoms with Crippen LogP contribution in [0.3, 0.4) is 0 Å². The number of hydrogen-bond acceptors (Lipinski definition) is 1. The van der Waals surface area contributed by atoms with E-state index in [1.807, 2.05) is 67.6 Å². The number of carboxylic acid groups (broad SMARTS) is 1. The third-order valence-electron chi connectivity index (χ3n) is 3.39. The molecule has 0 bridgehead atoms. The van der Waals surface area contributed by atoms with Gasteiger partial charge in [-0.25, -0.2) is 0 Å². The summed E-state index contributed by atoms with van der Waals surface area (Å²) in [5, 5.41) is 9.87. The van der Waals surface area contributed by atoms with Crippen molar-refractivity contribution in [1.82, 2.24) is 0 Å². The molecule has 0 aliphatic carbocycles. The van der Waals surface area contributed by atoms with E-state index >= 15 is 0 Å². The molecule has 2 aromatic rings. The summed E-state index contributed by atoms with van der Waals surface area (Å²) in [7, 11) is 0. The Labute approximate surface area is 121 Å². The Morgan fingerprint density at radius 2 is 1.37 bits per heavy atom. The average molecular weight is 319 g/mol. The van der Waals surface area contributed by atoms with E-state index in [2.05, 4.69) is 15.9 Å². The highest BCUT2D eigenvalue weighted by Gasteiger charge is 2.46. The van der Waals surface area contributed by atoms with Crippen LogP contribution in [0.5, 0.6) is 0 Å². The van der Waals surface area contributed by atoms with Crippen molar-refractivity contribution in [3.8, 4) is 0 Å². The summed E-state index contributed by atoms with van der Waals surface area (Å²) < 4.78 is 0. The molecule has 0 fully saturated rings. The fourth-order valence-electron chi connectivity index (χ4n) is 2.45. The minimum Gasteiger partial charge on any atom is -0.480 e. The Balaban J connectivity index is 2.73. The molecule has 2 nitrogen and oxygen atoms in total. The lowest BCUT2D eigenvalue weighted by molar-refractivity contribution is -0.142. The third-order valence-corrected chi connectivity index (χ3v) is 4.08. The van der Waals surface area contributed by atoms with Gasteiger partial charge in [0.05, 0.1) is 0 Å². The van der Waals surface area contributed by atoms with E-state index in [4.69, 9.17) is 0 Å². The smallest absolute Gasteiger partial charge is 0.319 e. The van der Waals surface area contributed by atoms with Crippen LogP contribution in [0, 0.1) is 0 Å². The van der Waals surface area contributed by atoms with Gasteiger partial charge in [-0.05, 0) is 11.1 Å². The SMILES string of the molecule is CC(Br)C(C(=O)O)(c1ccccc1)c1ccccc1. The van der Waals surface area contributed by atoms with Gasteiger partial charge in [0.25, 0.3) is 0 Å². The maximum absolute atomic E-state index is 12.0. The molecule has 0 aromatic heterocycles. The Kier molecular flexibility index (Phi) is 4.05. The van der Waals surface area contributed by atoms with E-state index in [1.54, 1.807) is 0 Å². The Bertz CT molecular complexity index is 510. The van der Waals surface area contributed by atoms with Crippen molar-refractivity contribution in [2.24, 2.45) is 0 Å². The summed E-state index contributed by atoms with van der Waals surface area (Å²) in [4.78, 5) is 11.8. The Morgan fingerprint density at radius 3 is 1.63 bits per heavy atom. The summed E-state index contributed by atoms with van der Waals surface area (Å²) in [6.45, 7) is 1.87. The topological polar surface area (TPSA) is 37.3 Å². The van der Waals surface area contributed by atoms with Gasteiger partial charge >= 0.3 is 5.97 Å². The summed E-state index contributed by atoms with van der Waals surface area (Å²) in [5.74, 6) is -0.853. The van der Waals surface area contributed by atoms with E-state index in [9.17, 15) is 9.90 Å². The van der Waals surface area contributed by atoms with Gasteiger partial charge < -0.3 is 5.11 Å². The molecule has 0 aliphatic rings. The second-order valence-corrected chi connectivity index (χ2v) is 5.83. The van der Waals surface area contributed by atoms with Crippen molar-refractivity contribution in [3.05, 3.63) is 71.8 Å². The van der Waals surface area contributed by atoms with Crippen LogP contribution in [-0.2, 0) is 10.2 Å². The molecule has 1 unspecified atom stereocenters. The van der Waals surface area contributed by atoms with Gasteiger partial charge in [-0.1, -0.05) is 83.5 Å². The molecule has 0 saturated carbocycles. The molecule has 0 radical (unpaired) electrons. The largest absolute Gasteiger partial charge is 0.480 e. The van der Waals surface area contributed by atoms with Gasteiger partial charge in [-0.2, -0.15) is 0 Å². The van der Waals surface area contributed by atoms with Crippen molar-refractivity contribution in [3.63, 3.8) is 0 Å². The average Bonchev–Trinajstić information content (AvgIpc) is 2.41. The maximum atomic E-state index is 12.0. The highest BCUT2D eigenvalue weighted by atomic mass is 79.9. The van der Waals surface area contributed by atoms with Crippen LogP contribution in [0.2, 0.25) is 0 Å². The van der Waals surface area contributed by atoms with Crippen molar-refractivity contribution in [2.45, 2.75) is 17.2 Å². The zero-order valence-electron chi connectivity index (χ0n) is 10.6. The van der Waals surface area contributed by atoms with Crippen molar-refractivity contribution in [2.75, 3.05) is 0 Å². The van der Waals surface area contributed by atoms with Crippen LogP contribution in [0.15, 0.2) is 60.7 Å². The van der Waals surface area contributed by atoms with E-state index in [1.165, 1.54) is 0 Å². The summed E-state index contributed by atoms with van der Waals surface area (Å²) in [6.07, 6.45) is 0. The first-order chi connectivity index (χ1) is 9.10. The highest BCUT2D eigenvalue weighted by molar-refractivity contribution is 9.09. The van der Waals surface area contributed by atoms with Crippen molar-refractivity contribution in [1.29, 1.82) is 0 Å². The quantitative estimate of drug-likeness (QED) is 0.870. The number of benzene rings is 2. The molecule has 1 atom stereocenters. The molecule has 0 saturated heterocycles. The summed E-state index contributed by atoms with van der Waals surface area (Å²) in [5.41, 5.74) is 0.471. The van der Waals surface area contributed by atoms with Gasteiger partial charge in [-0.3, -0.25) is 4.79 Å². The lowest BCUT2D eigenvalue weighted by Gasteiger charge is -2.33. The maximum Gasteiger partial charge on any atom is 0.319 e. The predicted molar refractivity (Wildman–Crippen MR) is 79.7 cm³/mol. The van der Waals surface area contributed by atoms with Gasteiger partial charge in [0.2, 0.25) is 0 Å². The molecule has 0 heterocycles. The molecule has 98 valence electrons. The van der Waals surface area contributed by atoms with E-state index in [-0.39, 0.29) is 4.83 Å². The molecule has 0 spiro atoms. The van der Waals surface area contributed by atoms with Crippen LogP contribution < -0.4 is 0 Å². The first-order valence-corrected chi connectivity index (χ1v) is 7.00. The fraction of sp³-hybridized carbons (Fsp3) is 0.188. The predicted octanol–water partition coefficient (Wildman–Crippen LogP) is 3.84. The second kappa shape index (κ2) is 5.57. The van der Waals surface area contributed by atoms with Gasteiger partial charge in [0.15, 0.2) is 0 Å². The minimum absolute atomic E-state index is 0.234. The lowest BCUT2D eigenvalue weighted by Crippen LogP contribution is -2.43. The number of rotatable bonds is 4. The molecule has 2 rings (SSSR count). The Morgan fingerprint density at radius 1 is 1.00 bits per heavy atom. The van der Waals surface area contributed by atoms with Gasteiger partial charge in [0, 0.05) is 4.83 Å². The van der Waals surface area contributed by atoms with Crippen molar-refractivity contribution < 1.29 is 9.90 Å². The normalized spacial score (nSPS) is 12.9. The molecule has 1 N–H and O–H groups in total. The third kappa shape index (κ3) is 2.30. The van der Waals surface area contributed by atoms with Gasteiger partial charge in [0.1, 0.15) is 5.41 Å². The van der Waals surface area contributed by atoms with Crippen LogP contribution >= 0.6 is 15.9 Å². The highest BCUT2D eigenvalue weighted by Crippen LogP contribution is 2.39. The van der Waals surface area contributed by atoms with Crippen LogP contribution in [0.25, 0.3) is 0 Å². The number of hydrogen-bond donors (Lipinski definition) is 1. The number of halogens is 1. The lowest BCUT2D eigenvalue weighted by atomic mass is 9.72. The molecule has 19 heavy (non-hydrogen) atoms. The van der Waals surface area contributed by atoms with Crippen LogP contribution in [0.1, 0.15) is 18.1 Å². The number of carboxylic acids is 1. The summed E-state index contributed by atoms with van der Waals surface area (Å²) >= 11 is 3.49. The second-order valence-electron chi connectivity index (χ2n) is 4.46. The minimum atomic E-state index is -1.08. The molecule has 0 amide bonds. The van der Waals surface area contributed by atoms with Crippen LogP contribution in [-0.4, -0.2) is 15.9 Å². The molecule has 3 heteroatoms. The van der Waals surface area contributed by atoms with Crippen LogP contribution in [0.4, 0.5) is 0 Å². The van der Waals surface area contributed by atoms with E-state index in [0.29, 0.717) is 0 Å². The zero-order valence-corrected chi connectivity index (χ0v) is 12.2. The molecular weight excluding hydrogens is 304 g/mol. The van der Waals surface area contributed by atoms with E-state index < -0.39 is 11.4 Å². The fourth-order valence-corrected chi connectivity index (χ4v) is 3.17.